The van der Waals surface area contributed by atoms with Gasteiger partial charge >= 0.3 is 0 Å². The molecular weight excluding hydrogens is 276 g/mol. The number of rotatable bonds is 0. The lowest BCUT2D eigenvalue weighted by Gasteiger charge is -2.87. The van der Waals surface area contributed by atoms with Crippen LogP contribution >= 0.6 is 15.9 Å². The summed E-state index contributed by atoms with van der Waals surface area (Å²) in [6.07, 6.45) is 6.06. The lowest BCUT2D eigenvalue weighted by Crippen LogP contribution is -2.84. The fraction of sp³-hybridized carbons (Fsp3) is 0.933. The minimum absolute atomic E-state index is 0.0803. The van der Waals surface area contributed by atoms with Crippen molar-refractivity contribution in [2.45, 2.75) is 57.7 Å². The van der Waals surface area contributed by atoms with Crippen molar-refractivity contribution >= 4 is 21.7 Å². The van der Waals surface area contributed by atoms with E-state index in [1.165, 1.54) is 25.7 Å². The first-order chi connectivity index (χ1) is 7.80. The van der Waals surface area contributed by atoms with Crippen LogP contribution in [0.15, 0.2) is 0 Å². The Hall–Kier alpha value is 0.150. The van der Waals surface area contributed by atoms with E-state index in [0.29, 0.717) is 26.9 Å². The molecule has 5 aliphatic rings. The van der Waals surface area contributed by atoms with Crippen LogP contribution in [-0.4, -0.2) is 10.6 Å². The number of alkyl halides is 1. The molecule has 0 radical (unpaired) electrons. The summed E-state index contributed by atoms with van der Waals surface area (Å²) in [7, 11) is 0. The molecule has 0 N–H and O–H groups in total. The summed E-state index contributed by atoms with van der Waals surface area (Å²) in [5, 5.41) is 0. The zero-order valence-corrected chi connectivity index (χ0v) is 12.6. The second-order valence-electron chi connectivity index (χ2n) is 7.92. The Morgan fingerprint density at radius 3 is 2.65 bits per heavy atom. The molecule has 4 bridgehead atoms. The van der Waals surface area contributed by atoms with Gasteiger partial charge in [0, 0.05) is 16.7 Å². The standard InChI is InChI=1S/C15H21BrO/c1-12(2)10(16)4-5-14-8-13(3)9(14)6-15(12,14)7-11(13)17/h9-10H,4-8H2,1-3H3/t9-,10+,13-,14+,15+/m0/s1. The van der Waals surface area contributed by atoms with Crippen molar-refractivity contribution in [1.29, 1.82) is 0 Å². The van der Waals surface area contributed by atoms with E-state index in [0.717, 1.165) is 12.3 Å². The molecule has 5 atom stereocenters. The first-order valence-corrected chi connectivity index (χ1v) is 7.89. The normalized spacial score (nSPS) is 62.2. The highest BCUT2D eigenvalue weighted by molar-refractivity contribution is 9.09. The number of hydrogen-bond acceptors (Lipinski definition) is 1. The number of Topliss-reactive ketones (excluding diaryl/α,β-unsaturated/α-hetero) is 1. The van der Waals surface area contributed by atoms with Gasteiger partial charge < -0.3 is 0 Å². The van der Waals surface area contributed by atoms with Crippen LogP contribution in [0.4, 0.5) is 0 Å². The number of ketones is 1. The summed E-state index contributed by atoms with van der Waals surface area (Å²) in [6, 6.07) is 0. The molecular formula is C15H21BrO. The van der Waals surface area contributed by atoms with Crippen molar-refractivity contribution < 1.29 is 4.79 Å². The monoisotopic (exact) mass is 296 g/mol. The van der Waals surface area contributed by atoms with Crippen LogP contribution < -0.4 is 0 Å². The number of halogens is 1. The summed E-state index contributed by atoms with van der Waals surface area (Å²) in [5.41, 5.74) is 1.27. The molecule has 0 aromatic carbocycles. The highest BCUT2D eigenvalue weighted by atomic mass is 79.9. The first-order valence-electron chi connectivity index (χ1n) is 6.98. The molecule has 0 aromatic rings. The van der Waals surface area contributed by atoms with E-state index in [-0.39, 0.29) is 5.41 Å². The van der Waals surface area contributed by atoms with Crippen LogP contribution in [0.5, 0.6) is 0 Å². The van der Waals surface area contributed by atoms with Crippen LogP contribution in [0.3, 0.4) is 0 Å². The molecule has 0 aromatic heterocycles. The fourth-order valence-corrected chi connectivity index (χ4v) is 7.09. The van der Waals surface area contributed by atoms with Crippen molar-refractivity contribution in [3.05, 3.63) is 0 Å². The molecule has 2 heteroatoms. The van der Waals surface area contributed by atoms with Crippen LogP contribution in [0.25, 0.3) is 0 Å². The van der Waals surface area contributed by atoms with E-state index >= 15 is 0 Å². The third kappa shape index (κ3) is 0.786. The Morgan fingerprint density at radius 1 is 1.29 bits per heavy atom. The van der Waals surface area contributed by atoms with Gasteiger partial charge in [-0.25, -0.2) is 0 Å². The van der Waals surface area contributed by atoms with E-state index in [1.807, 2.05) is 0 Å². The zero-order valence-electron chi connectivity index (χ0n) is 11.0. The predicted octanol–water partition coefficient (Wildman–Crippen LogP) is 3.95. The van der Waals surface area contributed by atoms with Crippen molar-refractivity contribution in [3.8, 4) is 0 Å². The number of fused-ring (bicyclic) bond motifs is 1. The highest BCUT2D eigenvalue weighted by Crippen LogP contribution is 2.90. The van der Waals surface area contributed by atoms with Gasteiger partial charge in [-0.15, -0.1) is 0 Å². The Bertz CT molecular complexity index is 442. The van der Waals surface area contributed by atoms with Gasteiger partial charge in [0.25, 0.3) is 0 Å². The van der Waals surface area contributed by atoms with E-state index in [2.05, 4.69) is 36.7 Å². The quantitative estimate of drug-likeness (QED) is 0.619. The molecule has 5 rings (SSSR count). The minimum Gasteiger partial charge on any atom is -0.299 e. The molecule has 5 saturated carbocycles. The maximum Gasteiger partial charge on any atom is 0.139 e. The Morgan fingerprint density at radius 2 is 2.00 bits per heavy atom. The Balaban J connectivity index is 1.86. The molecule has 5 aliphatic carbocycles. The number of carbonyl (C=O) groups excluding carboxylic acids is 1. The van der Waals surface area contributed by atoms with Gasteiger partial charge in [-0.05, 0) is 47.8 Å². The Labute approximate surface area is 112 Å². The lowest BCUT2D eigenvalue weighted by atomic mass is 9.16. The van der Waals surface area contributed by atoms with Crippen LogP contribution in [-0.2, 0) is 4.79 Å². The van der Waals surface area contributed by atoms with Gasteiger partial charge in [-0.3, -0.25) is 4.79 Å². The summed E-state index contributed by atoms with van der Waals surface area (Å²) < 4.78 is 0. The molecule has 2 spiro atoms. The average Bonchev–Trinajstić information content (AvgIpc) is 2.24. The zero-order chi connectivity index (χ0) is 12.3. The third-order valence-corrected chi connectivity index (χ3v) is 9.19. The predicted molar refractivity (Wildman–Crippen MR) is 71.1 cm³/mol. The molecule has 5 fully saturated rings. The van der Waals surface area contributed by atoms with Crippen molar-refractivity contribution in [2.24, 2.45) is 27.6 Å². The van der Waals surface area contributed by atoms with E-state index in [4.69, 9.17) is 0 Å². The Kier molecular flexibility index (Phi) is 1.65. The van der Waals surface area contributed by atoms with E-state index in [9.17, 15) is 4.79 Å². The SMILES string of the molecule is CC1(C)[C@H](Br)CC[C@]23C[C@]4(C)C(=O)C[C@]12C[C@H]34. The molecule has 0 saturated heterocycles. The maximum absolute atomic E-state index is 12.4. The molecule has 0 heterocycles. The molecule has 0 amide bonds. The molecule has 0 unspecified atom stereocenters. The smallest absolute Gasteiger partial charge is 0.139 e. The largest absolute Gasteiger partial charge is 0.299 e. The van der Waals surface area contributed by atoms with Crippen molar-refractivity contribution in [2.75, 3.05) is 0 Å². The molecule has 94 valence electrons. The topological polar surface area (TPSA) is 17.1 Å². The second kappa shape index (κ2) is 2.55. The lowest BCUT2D eigenvalue weighted by molar-refractivity contribution is -0.360. The minimum atomic E-state index is 0.0803. The summed E-state index contributed by atoms with van der Waals surface area (Å²) in [5.74, 6) is 1.31. The molecule has 17 heavy (non-hydrogen) atoms. The van der Waals surface area contributed by atoms with Crippen molar-refractivity contribution in [1.82, 2.24) is 0 Å². The van der Waals surface area contributed by atoms with Crippen LogP contribution in [0.2, 0.25) is 0 Å². The van der Waals surface area contributed by atoms with Gasteiger partial charge in [-0.1, -0.05) is 36.7 Å². The first kappa shape index (κ1) is 11.0. The number of carbonyl (C=O) groups is 1. The highest BCUT2D eigenvalue weighted by Gasteiger charge is 2.86. The van der Waals surface area contributed by atoms with Gasteiger partial charge in [0.05, 0.1) is 0 Å². The average molecular weight is 297 g/mol. The van der Waals surface area contributed by atoms with Crippen LogP contribution in [0, 0.1) is 27.6 Å². The number of hydrogen-bond donors (Lipinski definition) is 0. The summed E-state index contributed by atoms with van der Waals surface area (Å²) in [4.78, 5) is 13.0. The van der Waals surface area contributed by atoms with Crippen molar-refractivity contribution in [3.63, 3.8) is 0 Å². The van der Waals surface area contributed by atoms with Gasteiger partial charge in [0.1, 0.15) is 5.78 Å². The van der Waals surface area contributed by atoms with Gasteiger partial charge in [0.15, 0.2) is 0 Å². The van der Waals surface area contributed by atoms with Gasteiger partial charge in [0.2, 0.25) is 0 Å². The third-order valence-electron chi connectivity index (χ3n) is 7.58. The fourth-order valence-electron chi connectivity index (χ4n) is 6.42. The summed E-state index contributed by atoms with van der Waals surface area (Å²) in [6.45, 7) is 7.04. The second-order valence-corrected chi connectivity index (χ2v) is 9.02. The van der Waals surface area contributed by atoms with Gasteiger partial charge in [-0.2, -0.15) is 0 Å². The maximum atomic E-state index is 12.4. The van der Waals surface area contributed by atoms with E-state index < -0.39 is 0 Å². The summed E-state index contributed by atoms with van der Waals surface area (Å²) >= 11 is 3.90. The molecule has 0 aliphatic heterocycles. The van der Waals surface area contributed by atoms with E-state index in [1.54, 1.807) is 0 Å². The molecule has 1 nitrogen and oxygen atoms in total. The van der Waals surface area contributed by atoms with Crippen LogP contribution in [0.1, 0.15) is 52.9 Å².